The van der Waals surface area contributed by atoms with Crippen molar-refractivity contribution in [3.63, 3.8) is 0 Å². The Morgan fingerprint density at radius 2 is 1.62 bits per heavy atom. The molecular weight excluding hydrogens is 322 g/mol. The minimum atomic E-state index is -0.144. The Hall–Kier alpha value is -2.73. The van der Waals surface area contributed by atoms with E-state index in [-0.39, 0.29) is 16.8 Å². The second-order valence-electron chi connectivity index (χ2n) is 5.25. The summed E-state index contributed by atoms with van der Waals surface area (Å²) < 4.78 is 0. The third-order valence-corrected chi connectivity index (χ3v) is 3.55. The molecule has 0 spiro atoms. The molecule has 124 valence electrons. The molecule has 0 fully saturated rings. The summed E-state index contributed by atoms with van der Waals surface area (Å²) in [6.07, 6.45) is 1.04. The molecule has 6 heteroatoms. The maximum absolute atomic E-state index is 11.8. The minimum absolute atomic E-state index is 0.00734. The van der Waals surface area contributed by atoms with Crippen LogP contribution in [0.25, 0.3) is 0 Å². The van der Waals surface area contributed by atoms with Crippen LogP contribution >= 0.6 is 12.2 Å². The van der Waals surface area contributed by atoms with Crippen molar-refractivity contribution in [1.29, 1.82) is 0 Å². The Kier molecular flexibility index (Phi) is 6.45. The third-order valence-electron chi connectivity index (χ3n) is 3.35. The Morgan fingerprint density at radius 3 is 2.25 bits per heavy atom. The van der Waals surface area contributed by atoms with Gasteiger partial charge in [-0.25, -0.2) is 0 Å². The monoisotopic (exact) mass is 341 g/mol. The molecule has 0 radical (unpaired) electrons. The second-order valence-corrected chi connectivity index (χ2v) is 5.65. The fraction of sp³-hybridized carbons (Fsp3) is 0.167. The normalized spacial score (nSPS) is 9.88. The van der Waals surface area contributed by atoms with Crippen molar-refractivity contribution in [3.8, 4) is 0 Å². The molecule has 1 amide bonds. The van der Waals surface area contributed by atoms with Gasteiger partial charge in [-0.2, -0.15) is 0 Å². The van der Waals surface area contributed by atoms with E-state index in [1.807, 2.05) is 30.3 Å². The van der Waals surface area contributed by atoms with Crippen molar-refractivity contribution in [1.82, 2.24) is 10.9 Å². The van der Waals surface area contributed by atoms with Crippen LogP contribution in [0.3, 0.4) is 0 Å². The molecule has 0 heterocycles. The van der Waals surface area contributed by atoms with Crippen LogP contribution < -0.4 is 16.2 Å². The van der Waals surface area contributed by atoms with Gasteiger partial charge in [0.25, 0.3) is 0 Å². The lowest BCUT2D eigenvalue weighted by Crippen LogP contribution is -2.43. The predicted molar refractivity (Wildman–Crippen MR) is 98.7 cm³/mol. The lowest BCUT2D eigenvalue weighted by atomic mass is 10.1. The fourth-order valence-corrected chi connectivity index (χ4v) is 2.21. The lowest BCUT2D eigenvalue weighted by Gasteiger charge is -2.12. The Labute approximate surface area is 146 Å². The summed E-state index contributed by atoms with van der Waals surface area (Å²) in [7, 11) is 0. The third kappa shape index (κ3) is 5.81. The van der Waals surface area contributed by atoms with Crippen molar-refractivity contribution in [2.45, 2.75) is 19.8 Å². The Balaban J connectivity index is 1.72. The molecule has 5 nitrogen and oxygen atoms in total. The number of carbonyl (C=O) groups is 2. The quantitative estimate of drug-likeness (QED) is 0.443. The summed E-state index contributed by atoms with van der Waals surface area (Å²) in [4.78, 5) is 23.0. The number of carbonyl (C=O) groups excluding carboxylic acids is 2. The number of nitrogens with one attached hydrogen (secondary N) is 3. The number of hydrazine groups is 1. The topological polar surface area (TPSA) is 70.2 Å². The standard InChI is InChI=1S/C18H19N3O2S/c1-13(22)15-8-10-16(11-9-15)19-18(24)21-20-17(23)12-7-14-5-3-2-4-6-14/h2-6,8-11H,7,12H2,1H3,(H,20,23)(H2,19,21,24). The van der Waals surface area contributed by atoms with Gasteiger partial charge in [-0.05, 0) is 55.4 Å². The molecule has 0 aliphatic heterocycles. The molecule has 0 aliphatic rings. The highest BCUT2D eigenvalue weighted by molar-refractivity contribution is 7.80. The summed E-state index contributed by atoms with van der Waals surface area (Å²) >= 11 is 5.11. The molecular formula is C18H19N3O2S. The van der Waals surface area contributed by atoms with Gasteiger partial charge in [0.2, 0.25) is 5.91 Å². The largest absolute Gasteiger partial charge is 0.331 e. The number of hydrogen-bond donors (Lipinski definition) is 3. The zero-order chi connectivity index (χ0) is 17.4. The van der Waals surface area contributed by atoms with E-state index >= 15 is 0 Å². The first kappa shape index (κ1) is 17.6. The van der Waals surface area contributed by atoms with Crippen LogP contribution in [-0.4, -0.2) is 16.8 Å². The molecule has 0 aliphatic carbocycles. The number of rotatable bonds is 5. The number of ketones is 1. The molecule has 0 atom stereocenters. The van der Waals surface area contributed by atoms with Crippen LogP contribution in [-0.2, 0) is 11.2 Å². The van der Waals surface area contributed by atoms with Crippen LogP contribution in [0.15, 0.2) is 54.6 Å². The van der Waals surface area contributed by atoms with Crippen LogP contribution in [0, 0.1) is 0 Å². The van der Waals surface area contributed by atoms with E-state index in [4.69, 9.17) is 12.2 Å². The highest BCUT2D eigenvalue weighted by atomic mass is 32.1. The SMILES string of the molecule is CC(=O)c1ccc(NC(=S)NNC(=O)CCc2ccccc2)cc1. The van der Waals surface area contributed by atoms with E-state index < -0.39 is 0 Å². The first-order valence-electron chi connectivity index (χ1n) is 7.55. The van der Waals surface area contributed by atoms with Crippen molar-refractivity contribution >= 4 is 34.7 Å². The molecule has 0 bridgehead atoms. The van der Waals surface area contributed by atoms with Gasteiger partial charge in [0.05, 0.1) is 0 Å². The number of amides is 1. The number of thiocarbonyl (C=S) groups is 1. The smallest absolute Gasteiger partial charge is 0.238 e. The van der Waals surface area contributed by atoms with Gasteiger partial charge in [0.1, 0.15) is 0 Å². The number of aryl methyl sites for hydroxylation is 1. The van der Waals surface area contributed by atoms with E-state index in [9.17, 15) is 9.59 Å². The summed E-state index contributed by atoms with van der Waals surface area (Å²) in [6, 6.07) is 16.7. The van der Waals surface area contributed by atoms with Gasteiger partial charge in [-0.1, -0.05) is 30.3 Å². The summed E-state index contributed by atoms with van der Waals surface area (Å²) in [6.45, 7) is 1.51. The maximum atomic E-state index is 11.8. The van der Waals surface area contributed by atoms with Gasteiger partial charge in [0, 0.05) is 17.7 Å². The summed E-state index contributed by atoms with van der Waals surface area (Å²) in [5, 5.41) is 3.21. The molecule has 2 aromatic carbocycles. The molecule has 2 aromatic rings. The number of benzene rings is 2. The van der Waals surface area contributed by atoms with E-state index in [1.54, 1.807) is 24.3 Å². The Bertz CT molecular complexity index is 715. The molecule has 0 saturated heterocycles. The Morgan fingerprint density at radius 1 is 0.958 bits per heavy atom. The first-order valence-corrected chi connectivity index (χ1v) is 7.96. The average Bonchev–Trinajstić information content (AvgIpc) is 2.59. The molecule has 2 rings (SSSR count). The summed E-state index contributed by atoms with van der Waals surface area (Å²) in [5.74, 6) is -0.136. The highest BCUT2D eigenvalue weighted by Gasteiger charge is 2.04. The van der Waals surface area contributed by atoms with Gasteiger partial charge < -0.3 is 5.32 Å². The average molecular weight is 341 g/mol. The van der Waals surface area contributed by atoms with E-state index in [0.29, 0.717) is 18.4 Å². The van der Waals surface area contributed by atoms with Gasteiger partial charge in [-0.3, -0.25) is 20.4 Å². The maximum Gasteiger partial charge on any atom is 0.238 e. The van der Waals surface area contributed by atoms with E-state index in [1.165, 1.54) is 6.92 Å². The number of hydrogen-bond acceptors (Lipinski definition) is 3. The number of Topliss-reactive ketones (excluding diaryl/α,β-unsaturated/α-hetero) is 1. The van der Waals surface area contributed by atoms with Crippen molar-refractivity contribution in [2.75, 3.05) is 5.32 Å². The first-order chi connectivity index (χ1) is 11.5. The molecule has 3 N–H and O–H groups in total. The van der Waals surface area contributed by atoms with Gasteiger partial charge >= 0.3 is 0 Å². The minimum Gasteiger partial charge on any atom is -0.331 e. The molecule has 0 unspecified atom stereocenters. The molecule has 0 aromatic heterocycles. The van der Waals surface area contributed by atoms with Gasteiger partial charge in [-0.15, -0.1) is 0 Å². The zero-order valence-corrected chi connectivity index (χ0v) is 14.2. The van der Waals surface area contributed by atoms with Crippen LogP contribution in [0.2, 0.25) is 0 Å². The highest BCUT2D eigenvalue weighted by Crippen LogP contribution is 2.09. The van der Waals surface area contributed by atoms with Crippen molar-refractivity contribution in [2.24, 2.45) is 0 Å². The van der Waals surface area contributed by atoms with Crippen molar-refractivity contribution < 1.29 is 9.59 Å². The van der Waals surface area contributed by atoms with Crippen LogP contribution in [0.4, 0.5) is 5.69 Å². The van der Waals surface area contributed by atoms with Crippen LogP contribution in [0.5, 0.6) is 0 Å². The number of anilines is 1. The predicted octanol–water partition coefficient (Wildman–Crippen LogP) is 2.84. The fourth-order valence-electron chi connectivity index (χ4n) is 2.04. The zero-order valence-electron chi connectivity index (χ0n) is 13.3. The summed E-state index contributed by atoms with van der Waals surface area (Å²) in [5.41, 5.74) is 7.69. The van der Waals surface area contributed by atoms with Crippen molar-refractivity contribution in [3.05, 3.63) is 65.7 Å². The molecule has 0 saturated carbocycles. The lowest BCUT2D eigenvalue weighted by molar-refractivity contribution is -0.121. The second kappa shape index (κ2) is 8.79. The van der Waals surface area contributed by atoms with Crippen LogP contribution in [0.1, 0.15) is 29.3 Å². The van der Waals surface area contributed by atoms with E-state index in [2.05, 4.69) is 16.2 Å². The van der Waals surface area contributed by atoms with Gasteiger partial charge in [0.15, 0.2) is 10.9 Å². The van der Waals surface area contributed by atoms with E-state index in [0.717, 1.165) is 11.3 Å². The molecule has 24 heavy (non-hydrogen) atoms.